The number of guanidine groups is 2. The zero-order valence-corrected chi connectivity index (χ0v) is 24.1. The van der Waals surface area contributed by atoms with E-state index in [0.717, 1.165) is 0 Å². The first-order valence-corrected chi connectivity index (χ1v) is 13.7. The first kappa shape index (κ1) is 36.9. The van der Waals surface area contributed by atoms with E-state index in [9.17, 15) is 34.2 Å². The van der Waals surface area contributed by atoms with Gasteiger partial charge in [-0.05, 0) is 49.8 Å². The molecule has 244 valence electrons. The number of nitrogens with one attached hydrogen (secondary N) is 3. The summed E-state index contributed by atoms with van der Waals surface area (Å²) in [6, 6.07) is 0.644. The third-order valence-corrected chi connectivity index (χ3v) is 6.15. The van der Waals surface area contributed by atoms with Crippen LogP contribution in [0.5, 0.6) is 5.75 Å². The molecule has 18 heteroatoms. The van der Waals surface area contributed by atoms with Crippen LogP contribution < -0.4 is 44.6 Å². The van der Waals surface area contributed by atoms with Crippen LogP contribution in [0.15, 0.2) is 34.3 Å². The summed E-state index contributed by atoms with van der Waals surface area (Å²) in [5.74, 6) is -5.27. The number of aliphatic carboxylic acids is 2. The van der Waals surface area contributed by atoms with Crippen LogP contribution >= 0.6 is 0 Å². The van der Waals surface area contributed by atoms with Crippen LogP contribution in [0.25, 0.3) is 0 Å². The molecule has 3 amide bonds. The minimum Gasteiger partial charge on any atom is -0.508 e. The molecule has 16 N–H and O–H groups in total. The monoisotopic (exact) mass is 622 g/mol. The molecule has 4 unspecified atom stereocenters. The van der Waals surface area contributed by atoms with E-state index in [0.29, 0.717) is 5.56 Å². The lowest BCUT2D eigenvalue weighted by molar-refractivity contribution is -0.142. The highest BCUT2D eigenvalue weighted by atomic mass is 16.4. The SMILES string of the molecule is NC(N)=NCCCC(NC(=O)C(N)CCC(=O)O)C(=O)NC(CCCN=C(N)N)C(=O)NC(Cc1ccc(O)cc1)C(=O)O. The molecule has 0 saturated carbocycles. The Morgan fingerprint density at radius 1 is 0.705 bits per heavy atom. The van der Waals surface area contributed by atoms with Crippen molar-refractivity contribution in [1.29, 1.82) is 0 Å². The molecule has 1 rings (SSSR count). The lowest BCUT2D eigenvalue weighted by Gasteiger charge is -2.25. The molecule has 44 heavy (non-hydrogen) atoms. The molecule has 0 aliphatic carbocycles. The van der Waals surface area contributed by atoms with Crippen molar-refractivity contribution in [1.82, 2.24) is 16.0 Å². The molecule has 0 aliphatic rings. The van der Waals surface area contributed by atoms with Crippen LogP contribution in [0.1, 0.15) is 44.1 Å². The van der Waals surface area contributed by atoms with E-state index < -0.39 is 53.8 Å². The Morgan fingerprint density at radius 3 is 1.59 bits per heavy atom. The van der Waals surface area contributed by atoms with Gasteiger partial charge in [0.15, 0.2) is 11.9 Å². The number of phenolic OH excluding ortho intramolecular Hbond substituents is 1. The number of nitrogens with two attached hydrogens (primary N) is 5. The minimum atomic E-state index is -1.38. The number of aromatic hydroxyl groups is 1. The van der Waals surface area contributed by atoms with Gasteiger partial charge in [-0.1, -0.05) is 12.1 Å². The molecular formula is C26H42N10O8. The third kappa shape index (κ3) is 15.2. The molecule has 0 spiro atoms. The van der Waals surface area contributed by atoms with E-state index in [1.54, 1.807) is 0 Å². The van der Waals surface area contributed by atoms with Crippen molar-refractivity contribution >= 4 is 41.6 Å². The number of benzene rings is 1. The van der Waals surface area contributed by atoms with Gasteiger partial charge in [-0.2, -0.15) is 0 Å². The summed E-state index contributed by atoms with van der Waals surface area (Å²) in [5, 5.41) is 35.5. The highest BCUT2D eigenvalue weighted by Gasteiger charge is 2.30. The van der Waals surface area contributed by atoms with Gasteiger partial charge in [-0.3, -0.25) is 29.2 Å². The Morgan fingerprint density at radius 2 is 1.16 bits per heavy atom. The summed E-state index contributed by atoms with van der Waals surface area (Å²) in [6.07, 6.45) is -0.218. The van der Waals surface area contributed by atoms with Crippen LogP contribution in [0.3, 0.4) is 0 Å². The number of carboxylic acid groups (broad SMARTS) is 2. The van der Waals surface area contributed by atoms with Crippen LogP contribution in [0, 0.1) is 0 Å². The van der Waals surface area contributed by atoms with Crippen LogP contribution in [-0.2, 0) is 30.4 Å². The fourth-order valence-electron chi connectivity index (χ4n) is 3.85. The maximum absolute atomic E-state index is 13.4. The van der Waals surface area contributed by atoms with Crippen molar-refractivity contribution < 1.29 is 39.3 Å². The average Bonchev–Trinajstić information content (AvgIpc) is 2.94. The first-order chi connectivity index (χ1) is 20.7. The Kier molecular flexibility index (Phi) is 16.0. The van der Waals surface area contributed by atoms with Gasteiger partial charge in [-0.15, -0.1) is 0 Å². The van der Waals surface area contributed by atoms with Gasteiger partial charge in [0.1, 0.15) is 23.9 Å². The molecule has 0 radical (unpaired) electrons. The largest absolute Gasteiger partial charge is 0.508 e. The quantitative estimate of drug-likeness (QED) is 0.0387. The fourth-order valence-corrected chi connectivity index (χ4v) is 3.85. The Balaban J connectivity index is 3.14. The lowest BCUT2D eigenvalue weighted by atomic mass is 10.0. The van der Waals surface area contributed by atoms with E-state index in [2.05, 4.69) is 25.9 Å². The van der Waals surface area contributed by atoms with Crippen molar-refractivity contribution in [3.63, 3.8) is 0 Å². The molecule has 0 saturated heterocycles. The number of rotatable bonds is 20. The summed E-state index contributed by atoms with van der Waals surface area (Å²) in [4.78, 5) is 69.8. The van der Waals surface area contributed by atoms with Gasteiger partial charge < -0.3 is 59.9 Å². The van der Waals surface area contributed by atoms with Crippen molar-refractivity contribution in [2.24, 2.45) is 38.7 Å². The summed E-state index contributed by atoms with van der Waals surface area (Å²) in [5.41, 5.74) is 27.7. The summed E-state index contributed by atoms with van der Waals surface area (Å²) < 4.78 is 0. The normalized spacial score (nSPS) is 13.3. The van der Waals surface area contributed by atoms with Crippen LogP contribution in [-0.4, -0.2) is 94.2 Å². The zero-order valence-electron chi connectivity index (χ0n) is 24.1. The number of phenols is 1. The van der Waals surface area contributed by atoms with Crippen molar-refractivity contribution in [3.05, 3.63) is 29.8 Å². The fraction of sp³-hybridized carbons (Fsp3) is 0.500. The molecular weight excluding hydrogens is 580 g/mol. The van der Waals surface area contributed by atoms with Crippen molar-refractivity contribution in [2.75, 3.05) is 13.1 Å². The standard InChI is InChI=1S/C26H42N10O8/c27-16(9-10-20(38)39)21(40)34-17(3-1-11-32-25(28)29)22(41)35-18(4-2-12-33-26(30)31)23(42)36-19(24(43)44)13-14-5-7-15(37)8-6-14/h5-8,16-19,37H,1-4,9-13,27H2,(H,34,40)(H,35,41)(H,36,42)(H,38,39)(H,43,44)(H4,28,29,32)(H4,30,31,33). The number of carboxylic acids is 2. The maximum Gasteiger partial charge on any atom is 0.326 e. The van der Waals surface area contributed by atoms with Crippen molar-refractivity contribution in [2.45, 2.75) is 69.1 Å². The Bertz CT molecular complexity index is 1180. The van der Waals surface area contributed by atoms with Crippen LogP contribution in [0.2, 0.25) is 0 Å². The Labute approximate surface area is 253 Å². The number of hydrogen-bond acceptors (Lipinski definition) is 9. The van der Waals surface area contributed by atoms with Crippen molar-refractivity contribution in [3.8, 4) is 5.75 Å². The van der Waals surface area contributed by atoms with Gasteiger partial charge in [0, 0.05) is 25.9 Å². The molecule has 0 heterocycles. The Hall–Kier alpha value is -5.13. The molecule has 0 fully saturated rings. The predicted molar refractivity (Wildman–Crippen MR) is 160 cm³/mol. The number of nitrogens with zero attached hydrogens (tertiary/aromatic N) is 2. The van der Waals surface area contributed by atoms with Gasteiger partial charge in [-0.25, -0.2) is 4.79 Å². The zero-order chi connectivity index (χ0) is 33.2. The molecule has 0 aliphatic heterocycles. The molecule has 4 atom stereocenters. The van der Waals surface area contributed by atoms with E-state index >= 15 is 0 Å². The topological polar surface area (TPSA) is 337 Å². The van der Waals surface area contributed by atoms with Gasteiger partial charge in [0.2, 0.25) is 17.7 Å². The molecule has 18 nitrogen and oxygen atoms in total. The maximum atomic E-state index is 13.4. The molecule has 1 aromatic rings. The van der Waals surface area contributed by atoms with E-state index in [-0.39, 0.29) is 75.7 Å². The highest BCUT2D eigenvalue weighted by Crippen LogP contribution is 2.12. The van der Waals surface area contributed by atoms with Gasteiger partial charge in [0.05, 0.1) is 6.04 Å². The summed E-state index contributed by atoms with van der Waals surface area (Å²) in [7, 11) is 0. The second-order valence-corrected chi connectivity index (χ2v) is 9.83. The van der Waals surface area contributed by atoms with Gasteiger partial charge in [0.25, 0.3) is 0 Å². The average molecular weight is 623 g/mol. The van der Waals surface area contributed by atoms with Crippen LogP contribution in [0.4, 0.5) is 0 Å². The van der Waals surface area contributed by atoms with Gasteiger partial charge >= 0.3 is 11.9 Å². The third-order valence-electron chi connectivity index (χ3n) is 6.15. The lowest BCUT2D eigenvalue weighted by Crippen LogP contribution is -2.57. The molecule has 0 aromatic heterocycles. The summed E-state index contributed by atoms with van der Waals surface area (Å²) >= 11 is 0. The van der Waals surface area contributed by atoms with E-state index in [1.165, 1.54) is 24.3 Å². The number of hydrogen-bond donors (Lipinski definition) is 11. The predicted octanol–water partition coefficient (Wildman–Crippen LogP) is -3.23. The second-order valence-electron chi connectivity index (χ2n) is 9.83. The molecule has 0 bridgehead atoms. The number of amides is 3. The number of carbonyl (C=O) groups is 5. The van der Waals surface area contributed by atoms with E-state index in [4.69, 9.17) is 33.8 Å². The smallest absolute Gasteiger partial charge is 0.326 e. The molecule has 1 aromatic carbocycles. The first-order valence-electron chi connectivity index (χ1n) is 13.7. The van der Waals surface area contributed by atoms with E-state index in [1.807, 2.05) is 0 Å². The number of aliphatic imine (C=N–C) groups is 2. The summed E-state index contributed by atoms with van der Waals surface area (Å²) in [6.45, 7) is 0.224. The minimum absolute atomic E-state index is 0.00725. The second kappa shape index (κ2) is 19.1. The number of carbonyl (C=O) groups excluding carboxylic acids is 3. The highest BCUT2D eigenvalue weighted by molar-refractivity contribution is 5.94.